The number of halogens is 3. The van der Waals surface area contributed by atoms with E-state index in [0.29, 0.717) is 37.7 Å². The number of carbonyl (C=O) groups is 1. The van der Waals surface area contributed by atoms with Gasteiger partial charge in [0.2, 0.25) is 0 Å². The van der Waals surface area contributed by atoms with Crippen LogP contribution in [0.4, 0.5) is 5.69 Å². The van der Waals surface area contributed by atoms with E-state index >= 15 is 0 Å². The summed E-state index contributed by atoms with van der Waals surface area (Å²) in [6.45, 7) is 0. The average molecular weight is 483 g/mol. The van der Waals surface area contributed by atoms with E-state index in [0.717, 1.165) is 5.69 Å². The molecule has 0 saturated carbocycles. The first-order chi connectivity index (χ1) is 15.5. The van der Waals surface area contributed by atoms with Crippen LogP contribution in [-0.2, 0) is 0 Å². The zero-order chi connectivity index (χ0) is 22.7. The van der Waals surface area contributed by atoms with Gasteiger partial charge in [-0.05, 0) is 54.6 Å². The van der Waals surface area contributed by atoms with Crippen molar-refractivity contribution in [2.24, 2.45) is 0 Å². The summed E-state index contributed by atoms with van der Waals surface area (Å²) < 4.78 is 1.77. The Morgan fingerprint density at radius 2 is 1.72 bits per heavy atom. The summed E-state index contributed by atoms with van der Waals surface area (Å²) in [7, 11) is 0. The number of nitriles is 1. The van der Waals surface area contributed by atoms with E-state index in [-0.39, 0.29) is 5.69 Å². The SMILES string of the molecule is N#Cc1ccc(NNC(=O)c2cn(-c3ccc(Cl)cc3)c(-c3ccccc3Cl)n2)c(Cl)c1. The van der Waals surface area contributed by atoms with Crippen LogP contribution in [-0.4, -0.2) is 15.5 Å². The van der Waals surface area contributed by atoms with Crippen LogP contribution in [0.5, 0.6) is 0 Å². The summed E-state index contributed by atoms with van der Waals surface area (Å²) in [5, 5.41) is 10.3. The van der Waals surface area contributed by atoms with E-state index in [1.54, 1.807) is 41.1 Å². The first-order valence-electron chi connectivity index (χ1n) is 9.32. The van der Waals surface area contributed by atoms with E-state index in [2.05, 4.69) is 15.8 Å². The number of benzene rings is 3. The van der Waals surface area contributed by atoms with Gasteiger partial charge in [-0.25, -0.2) is 4.98 Å². The Labute approximate surface area is 199 Å². The van der Waals surface area contributed by atoms with Crippen molar-refractivity contribution in [1.29, 1.82) is 5.26 Å². The minimum absolute atomic E-state index is 0.159. The molecule has 3 aromatic carbocycles. The molecule has 158 valence electrons. The first kappa shape index (κ1) is 21.7. The molecule has 0 bridgehead atoms. The lowest BCUT2D eigenvalue weighted by molar-refractivity contribution is 0.0958. The third kappa shape index (κ3) is 4.56. The van der Waals surface area contributed by atoms with Crippen LogP contribution < -0.4 is 10.9 Å². The van der Waals surface area contributed by atoms with Gasteiger partial charge in [0.1, 0.15) is 11.5 Å². The van der Waals surface area contributed by atoms with Gasteiger partial charge in [0.05, 0.1) is 27.4 Å². The number of nitrogens with one attached hydrogen (secondary N) is 2. The van der Waals surface area contributed by atoms with E-state index in [4.69, 9.17) is 40.1 Å². The molecule has 4 aromatic rings. The van der Waals surface area contributed by atoms with Gasteiger partial charge in [-0.2, -0.15) is 5.26 Å². The fraction of sp³-hybridized carbons (Fsp3) is 0. The molecule has 0 fully saturated rings. The molecule has 1 heterocycles. The summed E-state index contributed by atoms with van der Waals surface area (Å²) in [5.74, 6) is 0.0194. The second kappa shape index (κ2) is 9.33. The lowest BCUT2D eigenvalue weighted by Crippen LogP contribution is -2.29. The van der Waals surface area contributed by atoms with Gasteiger partial charge in [-0.15, -0.1) is 0 Å². The monoisotopic (exact) mass is 481 g/mol. The number of hydrogen-bond acceptors (Lipinski definition) is 4. The lowest BCUT2D eigenvalue weighted by Gasteiger charge is -2.09. The van der Waals surface area contributed by atoms with Crippen LogP contribution in [0.25, 0.3) is 17.1 Å². The molecule has 0 aliphatic heterocycles. The number of anilines is 1. The van der Waals surface area contributed by atoms with Gasteiger partial charge in [0, 0.05) is 22.5 Å². The molecule has 1 aromatic heterocycles. The van der Waals surface area contributed by atoms with E-state index in [9.17, 15) is 4.79 Å². The smallest absolute Gasteiger partial charge is 0.289 e. The van der Waals surface area contributed by atoms with Gasteiger partial charge in [0.15, 0.2) is 0 Å². The number of amides is 1. The maximum Gasteiger partial charge on any atom is 0.289 e. The highest BCUT2D eigenvalue weighted by Crippen LogP contribution is 2.30. The molecule has 0 unspecified atom stereocenters. The first-order valence-corrected chi connectivity index (χ1v) is 10.5. The van der Waals surface area contributed by atoms with Crippen LogP contribution in [0, 0.1) is 11.3 Å². The van der Waals surface area contributed by atoms with Crippen LogP contribution >= 0.6 is 34.8 Å². The Bertz CT molecular complexity index is 1340. The molecule has 0 radical (unpaired) electrons. The van der Waals surface area contributed by atoms with Crippen molar-refractivity contribution in [2.45, 2.75) is 0 Å². The quantitative estimate of drug-likeness (QED) is 0.335. The Morgan fingerprint density at radius 1 is 0.969 bits per heavy atom. The Morgan fingerprint density at radius 3 is 2.41 bits per heavy atom. The third-order valence-corrected chi connectivity index (χ3v) is 5.46. The summed E-state index contributed by atoms with van der Waals surface area (Å²) >= 11 is 18.6. The second-order valence-electron chi connectivity index (χ2n) is 6.66. The van der Waals surface area contributed by atoms with Crippen LogP contribution in [0.3, 0.4) is 0 Å². The van der Waals surface area contributed by atoms with Crippen LogP contribution in [0.15, 0.2) is 72.9 Å². The second-order valence-corrected chi connectivity index (χ2v) is 7.91. The molecule has 9 heteroatoms. The number of hydrazine groups is 1. The zero-order valence-corrected chi connectivity index (χ0v) is 18.6. The van der Waals surface area contributed by atoms with Gasteiger partial charge < -0.3 is 0 Å². The number of rotatable bonds is 5. The fourth-order valence-corrected chi connectivity index (χ4v) is 3.57. The number of nitrogens with zero attached hydrogens (tertiary/aromatic N) is 3. The summed E-state index contributed by atoms with van der Waals surface area (Å²) in [4.78, 5) is 17.3. The van der Waals surface area contributed by atoms with Crippen molar-refractivity contribution in [2.75, 3.05) is 5.43 Å². The average Bonchev–Trinajstić information content (AvgIpc) is 3.24. The van der Waals surface area contributed by atoms with Crippen LogP contribution in [0.2, 0.25) is 15.1 Å². The molecule has 0 atom stereocenters. The van der Waals surface area contributed by atoms with E-state index in [1.807, 2.05) is 36.4 Å². The number of hydrogen-bond donors (Lipinski definition) is 2. The summed E-state index contributed by atoms with van der Waals surface area (Å²) in [5.41, 5.74) is 7.79. The molecule has 4 rings (SSSR count). The standard InChI is InChI=1S/C23H14Cl3N5O/c24-15-6-8-16(9-7-15)31-13-21(28-22(31)17-3-1-2-4-18(17)25)23(32)30-29-20-10-5-14(12-27)11-19(20)26/h1-11,13,29H,(H,30,32). The molecule has 2 N–H and O–H groups in total. The third-order valence-electron chi connectivity index (χ3n) is 4.57. The Balaban J connectivity index is 1.66. The molecular weight excluding hydrogens is 469 g/mol. The van der Waals surface area contributed by atoms with Gasteiger partial charge in [-0.3, -0.25) is 20.2 Å². The lowest BCUT2D eigenvalue weighted by atomic mass is 10.2. The molecule has 6 nitrogen and oxygen atoms in total. The van der Waals surface area contributed by atoms with Gasteiger partial charge in [-0.1, -0.05) is 46.9 Å². The minimum Gasteiger partial charge on any atom is -0.299 e. The van der Waals surface area contributed by atoms with E-state index < -0.39 is 5.91 Å². The highest BCUT2D eigenvalue weighted by atomic mass is 35.5. The van der Waals surface area contributed by atoms with Gasteiger partial charge >= 0.3 is 0 Å². The number of imidazole rings is 1. The molecule has 1 amide bonds. The molecular formula is C23H14Cl3N5O. The van der Waals surface area contributed by atoms with E-state index in [1.165, 1.54) is 6.07 Å². The highest BCUT2D eigenvalue weighted by molar-refractivity contribution is 6.33. The van der Waals surface area contributed by atoms with Crippen molar-refractivity contribution in [3.63, 3.8) is 0 Å². The highest BCUT2D eigenvalue weighted by Gasteiger charge is 2.18. The fourth-order valence-electron chi connectivity index (χ4n) is 2.99. The zero-order valence-electron chi connectivity index (χ0n) is 16.3. The predicted octanol–water partition coefficient (Wildman–Crippen LogP) is 6.13. The minimum atomic E-state index is -0.480. The summed E-state index contributed by atoms with van der Waals surface area (Å²) in [6.07, 6.45) is 1.61. The molecule has 0 saturated heterocycles. The molecule has 0 aliphatic carbocycles. The molecule has 0 aliphatic rings. The number of carbonyl (C=O) groups excluding carboxylic acids is 1. The predicted molar refractivity (Wildman–Crippen MR) is 126 cm³/mol. The van der Waals surface area contributed by atoms with Crippen LogP contribution in [0.1, 0.15) is 16.1 Å². The van der Waals surface area contributed by atoms with Gasteiger partial charge in [0.25, 0.3) is 5.91 Å². The number of aromatic nitrogens is 2. The summed E-state index contributed by atoms with van der Waals surface area (Å²) in [6, 6.07) is 21.1. The molecule has 0 spiro atoms. The Kier molecular flexibility index (Phi) is 6.33. The largest absolute Gasteiger partial charge is 0.299 e. The van der Waals surface area contributed by atoms with Crippen molar-refractivity contribution in [3.8, 4) is 23.1 Å². The van der Waals surface area contributed by atoms with Crippen molar-refractivity contribution in [3.05, 3.63) is 99.3 Å². The Hall–Kier alpha value is -3.50. The molecule has 32 heavy (non-hydrogen) atoms. The topological polar surface area (TPSA) is 82.7 Å². The maximum absolute atomic E-state index is 12.8. The normalized spacial score (nSPS) is 10.4. The van der Waals surface area contributed by atoms with Crippen molar-refractivity contribution < 1.29 is 4.79 Å². The van der Waals surface area contributed by atoms with Crippen molar-refractivity contribution >= 4 is 46.4 Å². The van der Waals surface area contributed by atoms with Crippen molar-refractivity contribution in [1.82, 2.24) is 15.0 Å². The maximum atomic E-state index is 12.8.